The van der Waals surface area contributed by atoms with Crippen molar-refractivity contribution in [2.24, 2.45) is 7.05 Å². The molecule has 0 aromatic carbocycles. The molecule has 1 fully saturated rings. The van der Waals surface area contributed by atoms with Gasteiger partial charge in [-0.1, -0.05) is 18.0 Å². The monoisotopic (exact) mass is 396 g/mol. The van der Waals surface area contributed by atoms with Crippen LogP contribution in [0.2, 0.25) is 0 Å². The summed E-state index contributed by atoms with van der Waals surface area (Å²) in [6.45, 7) is 0.603. The Morgan fingerprint density at radius 3 is 2.97 bits per heavy atom. The van der Waals surface area contributed by atoms with Gasteiger partial charge in [-0.2, -0.15) is 10.1 Å². The van der Waals surface area contributed by atoms with Crippen LogP contribution >= 0.6 is 0 Å². The number of hydrogen-bond acceptors (Lipinski definition) is 6. The van der Waals surface area contributed by atoms with E-state index < -0.39 is 5.82 Å². The third kappa shape index (κ3) is 4.39. The van der Waals surface area contributed by atoms with Crippen molar-refractivity contribution >= 4 is 12.0 Å². The molecule has 1 aliphatic heterocycles. The number of aryl methyl sites for hydroxylation is 1. The first kappa shape index (κ1) is 19.0. The lowest BCUT2D eigenvalue weighted by Gasteiger charge is -2.26. The smallest absolute Gasteiger partial charge is 0.261 e. The van der Waals surface area contributed by atoms with Crippen molar-refractivity contribution in [3.63, 3.8) is 0 Å². The van der Waals surface area contributed by atoms with Crippen molar-refractivity contribution in [1.82, 2.24) is 29.8 Å². The number of amides is 1. The Bertz CT molecular complexity index is 1030. The molecule has 1 unspecified atom stereocenters. The molecule has 8 nitrogen and oxygen atoms in total. The summed E-state index contributed by atoms with van der Waals surface area (Å²) in [7, 11) is 1.81. The molecular weight excluding hydrogens is 375 g/mol. The first-order valence-electron chi connectivity index (χ1n) is 9.52. The van der Waals surface area contributed by atoms with Gasteiger partial charge in [0.1, 0.15) is 5.82 Å². The highest BCUT2D eigenvalue weighted by molar-refractivity contribution is 5.92. The molecule has 1 aliphatic rings. The second-order valence-corrected chi connectivity index (χ2v) is 7.03. The van der Waals surface area contributed by atoms with E-state index >= 15 is 0 Å². The van der Waals surface area contributed by atoms with Crippen molar-refractivity contribution in [1.29, 1.82) is 0 Å². The Balaban J connectivity index is 1.56. The Morgan fingerprint density at radius 2 is 2.17 bits per heavy atom. The fraction of sp³-hybridized carbons (Fsp3) is 0.350. The molecule has 29 heavy (non-hydrogen) atoms. The molecule has 0 aliphatic carbocycles. The number of halogens is 1. The first-order valence-corrected chi connectivity index (χ1v) is 9.52. The average molecular weight is 396 g/mol. The summed E-state index contributed by atoms with van der Waals surface area (Å²) in [5.41, 5.74) is 1.26. The molecule has 1 saturated heterocycles. The highest BCUT2D eigenvalue weighted by Gasteiger charge is 2.29. The number of carbonyl (C=O) groups excluding carboxylic acids is 1. The molecule has 0 radical (unpaired) electrons. The molecule has 150 valence electrons. The summed E-state index contributed by atoms with van der Waals surface area (Å²) in [4.78, 5) is 23.0. The fourth-order valence-corrected chi connectivity index (χ4v) is 3.44. The van der Waals surface area contributed by atoms with E-state index in [0.29, 0.717) is 23.8 Å². The van der Waals surface area contributed by atoms with Gasteiger partial charge in [-0.15, -0.1) is 0 Å². The summed E-state index contributed by atoms with van der Waals surface area (Å²) < 4.78 is 20.4. The lowest BCUT2D eigenvalue weighted by molar-refractivity contribution is -0.128. The predicted octanol–water partition coefficient (Wildman–Crippen LogP) is 3.16. The number of rotatable bonds is 4. The molecule has 0 bridgehead atoms. The molecule has 4 heterocycles. The van der Waals surface area contributed by atoms with Crippen LogP contribution in [0, 0.1) is 5.82 Å². The number of hydrogen-bond donors (Lipinski definition) is 0. The van der Waals surface area contributed by atoms with Gasteiger partial charge in [-0.3, -0.25) is 14.5 Å². The number of likely N-dealkylation sites (tertiary alicyclic amines) is 1. The van der Waals surface area contributed by atoms with E-state index in [0.717, 1.165) is 37.4 Å². The Morgan fingerprint density at radius 1 is 1.28 bits per heavy atom. The zero-order chi connectivity index (χ0) is 20.2. The maximum Gasteiger partial charge on any atom is 0.261 e. The standard InChI is InChI=1S/C20H21FN6O2/c1-26-13-15(11-23-26)20-24-19(25-29-20)17-5-3-2-4-8-27(17)18(28)7-6-14-9-16(21)12-22-10-14/h6-7,9-13,17H,2-5,8H2,1H3/b7-6+. The molecule has 9 heteroatoms. The largest absolute Gasteiger partial charge is 0.334 e. The van der Waals surface area contributed by atoms with Crippen LogP contribution < -0.4 is 0 Å². The van der Waals surface area contributed by atoms with Gasteiger partial charge in [-0.25, -0.2) is 4.39 Å². The molecular formula is C20H21FN6O2. The molecule has 3 aromatic heterocycles. The summed E-state index contributed by atoms with van der Waals surface area (Å²) in [6, 6.07) is 1.06. The number of aromatic nitrogens is 5. The molecule has 4 rings (SSSR count). The minimum atomic E-state index is -0.443. The maximum absolute atomic E-state index is 13.3. The zero-order valence-corrected chi connectivity index (χ0v) is 16.0. The van der Waals surface area contributed by atoms with Crippen molar-refractivity contribution in [3.8, 4) is 11.5 Å². The van der Waals surface area contributed by atoms with Crippen LogP contribution in [0.1, 0.15) is 43.1 Å². The topological polar surface area (TPSA) is 89.9 Å². The summed E-state index contributed by atoms with van der Waals surface area (Å²) in [5, 5.41) is 8.24. The third-order valence-electron chi connectivity index (χ3n) is 4.87. The summed E-state index contributed by atoms with van der Waals surface area (Å²) in [5.74, 6) is 0.252. The van der Waals surface area contributed by atoms with Gasteiger partial charge in [-0.05, 0) is 30.5 Å². The zero-order valence-electron chi connectivity index (χ0n) is 16.0. The Kier molecular flexibility index (Phi) is 5.46. The minimum absolute atomic E-state index is 0.172. The van der Waals surface area contributed by atoms with Crippen molar-refractivity contribution in [2.75, 3.05) is 6.54 Å². The lowest BCUT2D eigenvalue weighted by atomic mass is 10.1. The average Bonchev–Trinajstić information content (AvgIpc) is 3.29. The quantitative estimate of drug-likeness (QED) is 0.629. The van der Waals surface area contributed by atoms with Crippen LogP contribution in [0.25, 0.3) is 17.5 Å². The highest BCUT2D eigenvalue weighted by Crippen LogP contribution is 2.30. The van der Waals surface area contributed by atoms with E-state index in [-0.39, 0.29) is 11.9 Å². The van der Waals surface area contributed by atoms with E-state index in [9.17, 15) is 9.18 Å². The third-order valence-corrected chi connectivity index (χ3v) is 4.87. The van der Waals surface area contributed by atoms with E-state index in [2.05, 4.69) is 20.2 Å². The molecule has 1 atom stereocenters. The predicted molar refractivity (Wildman–Crippen MR) is 103 cm³/mol. The van der Waals surface area contributed by atoms with Crippen molar-refractivity contribution < 1.29 is 13.7 Å². The molecule has 3 aromatic rings. The van der Waals surface area contributed by atoms with Gasteiger partial charge in [0.15, 0.2) is 5.82 Å². The van der Waals surface area contributed by atoms with Crippen LogP contribution in [0.3, 0.4) is 0 Å². The molecule has 1 amide bonds. The van der Waals surface area contributed by atoms with E-state index in [4.69, 9.17) is 4.52 Å². The Labute approximate surface area is 167 Å². The SMILES string of the molecule is Cn1cc(-c2nc(C3CCCCCN3C(=O)/C=C/c3cncc(F)c3)no2)cn1. The maximum atomic E-state index is 13.3. The second kappa shape index (κ2) is 8.34. The van der Waals surface area contributed by atoms with Crippen molar-refractivity contribution in [3.05, 3.63) is 54.1 Å². The van der Waals surface area contributed by atoms with Gasteiger partial charge < -0.3 is 9.42 Å². The van der Waals surface area contributed by atoms with Gasteiger partial charge in [0.05, 0.1) is 24.0 Å². The number of carbonyl (C=O) groups is 1. The summed E-state index contributed by atoms with van der Waals surface area (Å²) >= 11 is 0. The van der Waals surface area contributed by atoms with E-state index in [1.54, 1.807) is 28.1 Å². The molecule has 0 N–H and O–H groups in total. The van der Waals surface area contributed by atoms with Gasteiger partial charge >= 0.3 is 0 Å². The molecule has 0 spiro atoms. The van der Waals surface area contributed by atoms with Crippen LogP contribution in [-0.4, -0.2) is 42.3 Å². The van der Waals surface area contributed by atoms with Crippen LogP contribution in [-0.2, 0) is 11.8 Å². The number of nitrogens with zero attached hydrogens (tertiary/aromatic N) is 6. The van der Waals surface area contributed by atoms with Crippen LogP contribution in [0.5, 0.6) is 0 Å². The highest BCUT2D eigenvalue weighted by atomic mass is 19.1. The normalized spacial score (nSPS) is 17.6. The van der Waals surface area contributed by atoms with E-state index in [1.807, 2.05) is 7.05 Å². The fourth-order valence-electron chi connectivity index (χ4n) is 3.44. The Hall–Kier alpha value is -3.36. The van der Waals surface area contributed by atoms with Gasteiger partial charge in [0.2, 0.25) is 5.91 Å². The molecule has 0 saturated carbocycles. The van der Waals surface area contributed by atoms with Crippen molar-refractivity contribution in [2.45, 2.75) is 31.7 Å². The van der Waals surface area contributed by atoms with Gasteiger partial charge in [0.25, 0.3) is 5.89 Å². The summed E-state index contributed by atoms with van der Waals surface area (Å²) in [6.07, 6.45) is 12.8. The second-order valence-electron chi connectivity index (χ2n) is 7.03. The minimum Gasteiger partial charge on any atom is -0.334 e. The number of pyridine rings is 1. The van der Waals surface area contributed by atoms with E-state index in [1.165, 1.54) is 18.3 Å². The van der Waals surface area contributed by atoms with Crippen LogP contribution in [0.15, 0.2) is 41.5 Å². The lowest BCUT2D eigenvalue weighted by Crippen LogP contribution is -2.34. The van der Waals surface area contributed by atoms with Gasteiger partial charge in [0, 0.05) is 32.1 Å². The van der Waals surface area contributed by atoms with Crippen LogP contribution in [0.4, 0.5) is 4.39 Å². The first-order chi connectivity index (χ1) is 14.1.